The van der Waals surface area contributed by atoms with E-state index in [1.165, 1.54) is 32.1 Å². The van der Waals surface area contributed by atoms with Gasteiger partial charge in [-0.1, -0.05) is 90.2 Å². The molecule has 0 N–H and O–H groups in total. The molecule has 0 saturated carbocycles. The van der Waals surface area contributed by atoms with Crippen molar-refractivity contribution in [2.75, 3.05) is 47.5 Å². The number of hydrogen-bond acceptors (Lipinski definition) is 8. The summed E-state index contributed by atoms with van der Waals surface area (Å²) in [7, 11) is 1.16. The largest absolute Gasteiger partial charge is 0.756 e. The number of hydrogen-bond donors (Lipinski definition) is 0. The van der Waals surface area contributed by atoms with E-state index in [9.17, 15) is 19.0 Å². The first-order chi connectivity index (χ1) is 19.5. The maximum atomic E-state index is 12.4. The molecule has 0 aromatic carbocycles. The van der Waals surface area contributed by atoms with Crippen molar-refractivity contribution < 1.29 is 42.1 Å². The van der Waals surface area contributed by atoms with Crippen LogP contribution in [-0.2, 0) is 32.7 Å². The third-order valence-electron chi connectivity index (χ3n) is 6.55. The number of ether oxygens (including phenoxy) is 2. The van der Waals surface area contributed by atoms with Crippen LogP contribution in [0.5, 0.6) is 0 Å². The van der Waals surface area contributed by atoms with Crippen LogP contribution >= 0.6 is 7.82 Å². The van der Waals surface area contributed by atoms with Gasteiger partial charge in [-0.2, -0.15) is 0 Å². The van der Waals surface area contributed by atoms with Crippen LogP contribution in [0.4, 0.5) is 0 Å². The first-order valence-electron chi connectivity index (χ1n) is 15.9. The zero-order chi connectivity index (χ0) is 30.8. The van der Waals surface area contributed by atoms with Gasteiger partial charge in [0, 0.05) is 12.8 Å². The third kappa shape index (κ3) is 28.6. The Morgan fingerprint density at radius 1 is 0.756 bits per heavy atom. The molecule has 2 unspecified atom stereocenters. The van der Waals surface area contributed by atoms with Crippen molar-refractivity contribution in [2.45, 2.75) is 129 Å². The van der Waals surface area contributed by atoms with E-state index in [-0.39, 0.29) is 26.1 Å². The number of unbranched alkanes of at least 4 members (excludes halogenated alkanes) is 12. The summed E-state index contributed by atoms with van der Waals surface area (Å²) in [5, 5.41) is 0. The van der Waals surface area contributed by atoms with Crippen LogP contribution < -0.4 is 4.89 Å². The summed E-state index contributed by atoms with van der Waals surface area (Å²) < 4.78 is 33.4. The molecule has 2 atom stereocenters. The van der Waals surface area contributed by atoms with Gasteiger partial charge in [0.25, 0.3) is 7.82 Å². The molecule has 0 fully saturated rings. The van der Waals surface area contributed by atoms with Crippen LogP contribution in [0.1, 0.15) is 123 Å². The van der Waals surface area contributed by atoms with Crippen LogP contribution in [-0.4, -0.2) is 70.0 Å². The molecule has 41 heavy (non-hydrogen) atoms. The van der Waals surface area contributed by atoms with E-state index in [0.717, 1.165) is 51.4 Å². The fraction of sp³-hybridized carbons (Fsp3) is 0.871. The second-order valence-electron chi connectivity index (χ2n) is 11.8. The highest BCUT2D eigenvalue weighted by atomic mass is 31.2. The van der Waals surface area contributed by atoms with Crippen LogP contribution in [0.3, 0.4) is 0 Å². The summed E-state index contributed by atoms with van der Waals surface area (Å²) in [5.74, 6) is -0.859. The summed E-state index contributed by atoms with van der Waals surface area (Å²) in [4.78, 5) is 36.9. The number of allylic oxidation sites excluding steroid dienone is 2. The van der Waals surface area contributed by atoms with Crippen molar-refractivity contribution >= 4 is 19.8 Å². The number of carbonyl (C=O) groups is 2. The van der Waals surface area contributed by atoms with Crippen LogP contribution in [0.25, 0.3) is 0 Å². The molecule has 0 aliphatic carbocycles. The van der Waals surface area contributed by atoms with E-state index in [1.54, 1.807) is 0 Å². The molecule has 0 aromatic rings. The average Bonchev–Trinajstić information content (AvgIpc) is 2.90. The molecule has 0 aliphatic heterocycles. The summed E-state index contributed by atoms with van der Waals surface area (Å²) in [5.41, 5.74) is 0. The molecule has 0 saturated heterocycles. The van der Waals surface area contributed by atoms with Crippen LogP contribution in [0.15, 0.2) is 12.2 Å². The molecule has 0 heterocycles. The number of quaternary nitrogens is 1. The molecule has 0 bridgehead atoms. The smallest absolute Gasteiger partial charge is 0.306 e. The van der Waals surface area contributed by atoms with E-state index in [0.29, 0.717) is 23.9 Å². The number of esters is 2. The highest BCUT2D eigenvalue weighted by molar-refractivity contribution is 7.45. The Morgan fingerprint density at radius 2 is 1.32 bits per heavy atom. The quantitative estimate of drug-likeness (QED) is 0.0312. The maximum absolute atomic E-state index is 12.4. The SMILES string of the molecule is CC/C=C/CCCCCCC(=O)OCC(COP(=O)([O-])OCC[N+](C)(C)C)OC(=O)CCCCCCCCCCC. The highest BCUT2D eigenvalue weighted by Gasteiger charge is 2.21. The van der Waals surface area contributed by atoms with Gasteiger partial charge in [0.1, 0.15) is 19.8 Å². The lowest BCUT2D eigenvalue weighted by Crippen LogP contribution is -2.37. The fourth-order valence-electron chi connectivity index (χ4n) is 4.01. The van der Waals surface area contributed by atoms with Crippen molar-refractivity contribution in [2.24, 2.45) is 0 Å². The number of carbonyl (C=O) groups excluding carboxylic acids is 2. The molecule has 0 aromatic heterocycles. The Kier molecular flexibility index (Phi) is 24.5. The van der Waals surface area contributed by atoms with Gasteiger partial charge in [-0.15, -0.1) is 0 Å². The van der Waals surface area contributed by atoms with Gasteiger partial charge in [0.2, 0.25) is 0 Å². The molecule has 0 radical (unpaired) electrons. The average molecular weight is 606 g/mol. The molecule has 10 heteroatoms. The Bertz CT molecular complexity index is 738. The fourth-order valence-corrected chi connectivity index (χ4v) is 4.74. The monoisotopic (exact) mass is 605 g/mol. The van der Waals surface area contributed by atoms with Gasteiger partial charge in [0.15, 0.2) is 6.10 Å². The molecule has 242 valence electrons. The summed E-state index contributed by atoms with van der Waals surface area (Å²) in [6.07, 6.45) is 19.8. The summed E-state index contributed by atoms with van der Waals surface area (Å²) in [6.45, 7) is 4.03. The van der Waals surface area contributed by atoms with Gasteiger partial charge >= 0.3 is 11.9 Å². The van der Waals surface area contributed by atoms with Crippen molar-refractivity contribution in [3.63, 3.8) is 0 Å². The maximum Gasteiger partial charge on any atom is 0.306 e. The van der Waals surface area contributed by atoms with E-state index >= 15 is 0 Å². The van der Waals surface area contributed by atoms with Crippen molar-refractivity contribution in [3.8, 4) is 0 Å². The predicted molar refractivity (Wildman–Crippen MR) is 162 cm³/mol. The first kappa shape index (κ1) is 39.8. The minimum Gasteiger partial charge on any atom is -0.756 e. The van der Waals surface area contributed by atoms with Crippen LogP contribution in [0, 0.1) is 0 Å². The number of phosphoric acid groups is 1. The predicted octanol–water partition coefficient (Wildman–Crippen LogP) is 6.88. The lowest BCUT2D eigenvalue weighted by molar-refractivity contribution is -0.870. The Labute approximate surface area is 250 Å². The van der Waals surface area contributed by atoms with Gasteiger partial charge < -0.3 is 27.9 Å². The second kappa shape index (κ2) is 25.3. The Morgan fingerprint density at radius 3 is 1.90 bits per heavy atom. The highest BCUT2D eigenvalue weighted by Crippen LogP contribution is 2.38. The Hall–Kier alpha value is -1.25. The minimum absolute atomic E-state index is 0.0305. The zero-order valence-corrected chi connectivity index (χ0v) is 27.6. The standard InChI is InChI=1S/C31H60NO8P/c1-6-8-10-12-14-16-18-20-22-24-31(34)40-29(28-39-41(35,36)38-26-25-32(3,4)5)27-37-30(33)23-21-19-17-15-13-11-9-7-2/h9,11,29H,6-8,10,12-28H2,1-5H3/b11-9+. The lowest BCUT2D eigenvalue weighted by atomic mass is 10.1. The second-order valence-corrected chi connectivity index (χ2v) is 13.2. The number of nitrogens with zero attached hydrogens (tertiary/aromatic N) is 1. The van der Waals surface area contributed by atoms with Crippen LogP contribution in [0.2, 0.25) is 0 Å². The number of rotatable bonds is 28. The molecule has 0 spiro atoms. The van der Waals surface area contributed by atoms with Gasteiger partial charge in [-0.05, 0) is 32.1 Å². The normalized spacial score (nSPS) is 14.2. The van der Waals surface area contributed by atoms with E-state index in [2.05, 4.69) is 26.0 Å². The lowest BCUT2D eigenvalue weighted by Gasteiger charge is -2.28. The third-order valence-corrected chi connectivity index (χ3v) is 7.51. The molecular formula is C31H60NO8P. The molecular weight excluding hydrogens is 545 g/mol. The van der Waals surface area contributed by atoms with Crippen molar-refractivity contribution in [1.82, 2.24) is 0 Å². The topological polar surface area (TPSA) is 111 Å². The van der Waals surface area contributed by atoms with E-state index < -0.39 is 32.5 Å². The van der Waals surface area contributed by atoms with Crippen molar-refractivity contribution in [1.29, 1.82) is 0 Å². The molecule has 0 amide bonds. The molecule has 0 rings (SSSR count). The van der Waals surface area contributed by atoms with E-state index in [1.807, 2.05) is 21.1 Å². The van der Waals surface area contributed by atoms with E-state index in [4.69, 9.17) is 18.5 Å². The molecule has 9 nitrogen and oxygen atoms in total. The van der Waals surface area contributed by atoms with Gasteiger partial charge in [-0.3, -0.25) is 14.2 Å². The first-order valence-corrected chi connectivity index (χ1v) is 17.4. The Balaban J connectivity index is 4.55. The summed E-state index contributed by atoms with van der Waals surface area (Å²) >= 11 is 0. The van der Waals surface area contributed by atoms with Crippen molar-refractivity contribution in [3.05, 3.63) is 12.2 Å². The number of phosphoric ester groups is 1. The summed E-state index contributed by atoms with van der Waals surface area (Å²) in [6, 6.07) is 0. The molecule has 0 aliphatic rings. The zero-order valence-electron chi connectivity index (χ0n) is 26.7. The minimum atomic E-state index is -4.60. The number of likely N-dealkylation sites (N-methyl/N-ethyl adjacent to an activating group) is 1. The van der Waals surface area contributed by atoms with Gasteiger partial charge in [0.05, 0.1) is 27.7 Å². The van der Waals surface area contributed by atoms with Gasteiger partial charge in [-0.25, -0.2) is 0 Å².